The molecule has 5 heteroatoms. The summed E-state index contributed by atoms with van der Waals surface area (Å²) < 4.78 is 0. The van der Waals surface area contributed by atoms with E-state index < -0.39 is 0 Å². The topological polar surface area (TPSA) is 75.3 Å². The van der Waals surface area contributed by atoms with Crippen molar-refractivity contribution < 1.29 is 9.90 Å². The molecule has 4 N–H and O–H groups in total. The average molecular weight is 285 g/mol. The first kappa shape index (κ1) is 15.8. The fraction of sp³-hybridized carbons (Fsp3) is 0.500. The van der Waals surface area contributed by atoms with Crippen LogP contribution in [0.15, 0.2) is 18.2 Å². The van der Waals surface area contributed by atoms with Gasteiger partial charge in [0.2, 0.25) is 0 Å². The second-order valence-corrected chi connectivity index (χ2v) is 4.96. The SMILES string of the molecule is CCCC(CCO)CNC(=O)c1cccc(N)c1Cl. The van der Waals surface area contributed by atoms with Crippen LogP contribution in [0.4, 0.5) is 5.69 Å². The first-order chi connectivity index (χ1) is 9.10. The number of amides is 1. The van der Waals surface area contributed by atoms with Crippen molar-refractivity contribution in [3.05, 3.63) is 28.8 Å². The molecule has 0 aliphatic rings. The Morgan fingerprint density at radius 2 is 2.21 bits per heavy atom. The molecule has 0 aliphatic heterocycles. The van der Waals surface area contributed by atoms with E-state index in [-0.39, 0.29) is 17.5 Å². The lowest BCUT2D eigenvalue weighted by molar-refractivity contribution is 0.0943. The lowest BCUT2D eigenvalue weighted by Gasteiger charge is -2.16. The molecule has 1 unspecified atom stereocenters. The molecule has 1 rings (SSSR count). The third kappa shape index (κ3) is 4.73. The molecule has 0 heterocycles. The molecule has 1 atom stereocenters. The molecular weight excluding hydrogens is 264 g/mol. The highest BCUT2D eigenvalue weighted by atomic mass is 35.5. The van der Waals surface area contributed by atoms with Crippen LogP contribution in [0.3, 0.4) is 0 Å². The smallest absolute Gasteiger partial charge is 0.252 e. The monoisotopic (exact) mass is 284 g/mol. The van der Waals surface area contributed by atoms with Crippen LogP contribution in [0, 0.1) is 5.92 Å². The minimum atomic E-state index is -0.226. The van der Waals surface area contributed by atoms with E-state index in [0.29, 0.717) is 30.1 Å². The zero-order valence-electron chi connectivity index (χ0n) is 11.2. The number of aliphatic hydroxyl groups excluding tert-OH is 1. The van der Waals surface area contributed by atoms with Crippen molar-refractivity contribution in [2.75, 3.05) is 18.9 Å². The van der Waals surface area contributed by atoms with Gasteiger partial charge in [-0.2, -0.15) is 0 Å². The standard InChI is InChI=1S/C14H21ClN2O2/c1-2-4-10(7-8-18)9-17-14(19)11-5-3-6-12(16)13(11)15/h3,5-6,10,18H,2,4,7-9,16H2,1H3,(H,17,19). The van der Waals surface area contributed by atoms with E-state index in [1.807, 2.05) is 0 Å². The maximum absolute atomic E-state index is 12.0. The number of carbonyl (C=O) groups is 1. The molecule has 0 bridgehead atoms. The van der Waals surface area contributed by atoms with Gasteiger partial charge in [-0.25, -0.2) is 0 Å². The highest BCUT2D eigenvalue weighted by Crippen LogP contribution is 2.23. The van der Waals surface area contributed by atoms with Crippen molar-refractivity contribution in [1.82, 2.24) is 5.32 Å². The minimum Gasteiger partial charge on any atom is -0.398 e. The summed E-state index contributed by atoms with van der Waals surface area (Å²) in [5, 5.41) is 12.1. The third-order valence-electron chi connectivity index (χ3n) is 3.06. The van der Waals surface area contributed by atoms with Crippen LogP contribution in [-0.2, 0) is 0 Å². The molecule has 4 nitrogen and oxygen atoms in total. The Morgan fingerprint density at radius 3 is 2.84 bits per heavy atom. The molecule has 1 aromatic rings. The molecule has 106 valence electrons. The van der Waals surface area contributed by atoms with Crippen molar-refractivity contribution in [3.63, 3.8) is 0 Å². The average Bonchev–Trinajstić information content (AvgIpc) is 2.39. The van der Waals surface area contributed by atoms with Gasteiger partial charge >= 0.3 is 0 Å². The molecule has 0 saturated heterocycles. The fourth-order valence-corrected chi connectivity index (χ4v) is 2.21. The van der Waals surface area contributed by atoms with E-state index in [1.165, 1.54) is 0 Å². The number of aliphatic hydroxyl groups is 1. The van der Waals surface area contributed by atoms with Gasteiger partial charge in [-0.05, 0) is 30.9 Å². The van der Waals surface area contributed by atoms with Gasteiger partial charge in [-0.3, -0.25) is 4.79 Å². The first-order valence-corrected chi connectivity index (χ1v) is 6.91. The number of anilines is 1. The van der Waals surface area contributed by atoms with Crippen LogP contribution >= 0.6 is 11.6 Å². The molecular formula is C14H21ClN2O2. The lowest BCUT2D eigenvalue weighted by atomic mass is 10.00. The Hall–Kier alpha value is -1.26. The quantitative estimate of drug-likeness (QED) is 0.673. The zero-order chi connectivity index (χ0) is 14.3. The number of nitrogens with two attached hydrogens (primary N) is 1. The van der Waals surface area contributed by atoms with E-state index in [1.54, 1.807) is 18.2 Å². The summed E-state index contributed by atoms with van der Waals surface area (Å²) in [5.74, 6) is 0.0649. The van der Waals surface area contributed by atoms with Gasteiger partial charge in [0.1, 0.15) is 0 Å². The van der Waals surface area contributed by atoms with Gasteiger partial charge in [-0.1, -0.05) is 31.0 Å². The predicted octanol–water partition coefficient (Wildman–Crippen LogP) is 2.45. The minimum absolute atomic E-state index is 0.138. The summed E-state index contributed by atoms with van der Waals surface area (Å²) in [6, 6.07) is 5.01. The van der Waals surface area contributed by atoms with Crippen molar-refractivity contribution >= 4 is 23.2 Å². The maximum Gasteiger partial charge on any atom is 0.252 e. The van der Waals surface area contributed by atoms with E-state index >= 15 is 0 Å². The molecule has 0 radical (unpaired) electrons. The Morgan fingerprint density at radius 1 is 1.47 bits per heavy atom. The normalized spacial score (nSPS) is 12.2. The largest absolute Gasteiger partial charge is 0.398 e. The van der Waals surface area contributed by atoms with E-state index in [4.69, 9.17) is 22.4 Å². The molecule has 0 saturated carbocycles. The summed E-state index contributed by atoms with van der Waals surface area (Å²) >= 11 is 6.00. The second kappa shape index (κ2) is 8.02. The number of benzene rings is 1. The summed E-state index contributed by atoms with van der Waals surface area (Å²) in [6.45, 7) is 2.76. The number of carbonyl (C=O) groups excluding carboxylic acids is 1. The molecule has 0 spiro atoms. The maximum atomic E-state index is 12.0. The molecule has 0 aliphatic carbocycles. The zero-order valence-corrected chi connectivity index (χ0v) is 11.9. The number of halogens is 1. The summed E-state index contributed by atoms with van der Waals surface area (Å²) in [7, 11) is 0. The van der Waals surface area contributed by atoms with Crippen LogP contribution in [-0.4, -0.2) is 24.2 Å². The van der Waals surface area contributed by atoms with E-state index in [2.05, 4.69) is 12.2 Å². The second-order valence-electron chi connectivity index (χ2n) is 4.59. The Balaban J connectivity index is 2.61. The van der Waals surface area contributed by atoms with Crippen LogP contribution in [0.2, 0.25) is 5.02 Å². The van der Waals surface area contributed by atoms with Gasteiger partial charge in [-0.15, -0.1) is 0 Å². The molecule has 19 heavy (non-hydrogen) atoms. The van der Waals surface area contributed by atoms with Gasteiger partial charge < -0.3 is 16.2 Å². The van der Waals surface area contributed by atoms with Crippen molar-refractivity contribution in [2.45, 2.75) is 26.2 Å². The third-order valence-corrected chi connectivity index (χ3v) is 3.48. The van der Waals surface area contributed by atoms with Gasteiger partial charge in [0.05, 0.1) is 16.3 Å². The van der Waals surface area contributed by atoms with Crippen molar-refractivity contribution in [1.29, 1.82) is 0 Å². The molecule has 0 fully saturated rings. The number of rotatable bonds is 7. The van der Waals surface area contributed by atoms with Gasteiger partial charge in [0.15, 0.2) is 0 Å². The van der Waals surface area contributed by atoms with Crippen LogP contribution < -0.4 is 11.1 Å². The highest BCUT2D eigenvalue weighted by molar-refractivity contribution is 6.36. The molecule has 0 aromatic heterocycles. The van der Waals surface area contributed by atoms with E-state index in [0.717, 1.165) is 12.8 Å². The Labute approximate surface area is 118 Å². The van der Waals surface area contributed by atoms with Gasteiger partial charge in [0.25, 0.3) is 5.91 Å². The number of hydrogen-bond acceptors (Lipinski definition) is 3. The summed E-state index contributed by atoms with van der Waals surface area (Å²) in [6.07, 6.45) is 2.70. The number of nitrogens with one attached hydrogen (secondary N) is 1. The Kier molecular flexibility index (Phi) is 6.67. The van der Waals surface area contributed by atoms with Crippen molar-refractivity contribution in [2.24, 2.45) is 5.92 Å². The number of nitrogen functional groups attached to an aromatic ring is 1. The van der Waals surface area contributed by atoms with E-state index in [9.17, 15) is 4.79 Å². The van der Waals surface area contributed by atoms with Crippen LogP contribution in [0.5, 0.6) is 0 Å². The highest BCUT2D eigenvalue weighted by Gasteiger charge is 2.14. The van der Waals surface area contributed by atoms with Crippen LogP contribution in [0.1, 0.15) is 36.5 Å². The fourth-order valence-electron chi connectivity index (χ4n) is 2.00. The van der Waals surface area contributed by atoms with Crippen LogP contribution in [0.25, 0.3) is 0 Å². The summed E-state index contributed by atoms with van der Waals surface area (Å²) in [4.78, 5) is 12.0. The lowest BCUT2D eigenvalue weighted by Crippen LogP contribution is -2.30. The van der Waals surface area contributed by atoms with Crippen molar-refractivity contribution in [3.8, 4) is 0 Å². The Bertz CT molecular complexity index is 418. The number of hydrogen-bond donors (Lipinski definition) is 3. The molecule has 1 aromatic carbocycles. The predicted molar refractivity (Wildman–Crippen MR) is 78.3 cm³/mol. The van der Waals surface area contributed by atoms with Gasteiger partial charge in [0, 0.05) is 13.2 Å². The first-order valence-electron chi connectivity index (χ1n) is 6.53. The summed E-state index contributed by atoms with van der Waals surface area (Å²) in [5.41, 5.74) is 6.45. The molecule has 1 amide bonds.